The van der Waals surface area contributed by atoms with Gasteiger partial charge in [-0.3, -0.25) is 0 Å². The van der Waals surface area contributed by atoms with Gasteiger partial charge in [0.05, 0.1) is 25.9 Å². The van der Waals surface area contributed by atoms with Gasteiger partial charge in [-0.2, -0.15) is 0 Å². The lowest BCUT2D eigenvalue weighted by molar-refractivity contribution is 0.0149. The molecular formula is C12H21NO2S. The van der Waals surface area contributed by atoms with Crippen molar-refractivity contribution >= 4 is 11.3 Å². The van der Waals surface area contributed by atoms with Crippen molar-refractivity contribution in [2.45, 2.75) is 33.1 Å². The summed E-state index contributed by atoms with van der Waals surface area (Å²) in [7, 11) is 1.96. The van der Waals surface area contributed by atoms with Crippen LogP contribution in [0.15, 0.2) is 12.1 Å². The molecule has 1 heterocycles. The molecule has 0 fully saturated rings. The molecule has 0 saturated carbocycles. The quantitative estimate of drug-likeness (QED) is 0.711. The van der Waals surface area contributed by atoms with Gasteiger partial charge in [0.15, 0.2) is 0 Å². The lowest BCUT2D eigenvalue weighted by Gasteiger charge is -2.07. The minimum atomic E-state index is 0.285. The molecule has 3 nitrogen and oxygen atoms in total. The first-order chi connectivity index (χ1) is 7.72. The standard InChI is InChI=1S/C12H21NO2S/c1-10(2)15-7-6-14-9-12-5-4-11(16-12)8-13-3/h4-5,10,13H,6-9H2,1-3H3. The largest absolute Gasteiger partial charge is 0.376 e. The monoisotopic (exact) mass is 243 g/mol. The molecule has 0 saturated heterocycles. The molecule has 16 heavy (non-hydrogen) atoms. The van der Waals surface area contributed by atoms with Gasteiger partial charge >= 0.3 is 0 Å². The van der Waals surface area contributed by atoms with Crippen LogP contribution in [0.4, 0.5) is 0 Å². The van der Waals surface area contributed by atoms with Gasteiger partial charge in [0.2, 0.25) is 0 Å². The molecule has 0 radical (unpaired) electrons. The third kappa shape index (κ3) is 5.61. The summed E-state index contributed by atoms with van der Waals surface area (Å²) >= 11 is 1.79. The minimum absolute atomic E-state index is 0.285. The minimum Gasteiger partial charge on any atom is -0.376 e. The Balaban J connectivity index is 2.12. The molecule has 1 N–H and O–H groups in total. The number of hydrogen-bond acceptors (Lipinski definition) is 4. The van der Waals surface area contributed by atoms with Crippen LogP contribution in [0.3, 0.4) is 0 Å². The summed E-state index contributed by atoms with van der Waals surface area (Å²) in [4.78, 5) is 2.62. The highest BCUT2D eigenvalue weighted by atomic mass is 32.1. The van der Waals surface area contributed by atoms with Crippen LogP contribution >= 0.6 is 11.3 Å². The highest BCUT2D eigenvalue weighted by Crippen LogP contribution is 2.16. The van der Waals surface area contributed by atoms with Crippen LogP contribution in [0, 0.1) is 0 Å². The summed E-state index contributed by atoms with van der Waals surface area (Å²) in [6.45, 7) is 7.02. The molecule has 0 bridgehead atoms. The summed E-state index contributed by atoms with van der Waals surface area (Å²) in [5.41, 5.74) is 0. The van der Waals surface area contributed by atoms with E-state index in [0.29, 0.717) is 19.8 Å². The van der Waals surface area contributed by atoms with Crippen LogP contribution < -0.4 is 5.32 Å². The second-order valence-electron chi connectivity index (χ2n) is 3.87. The summed E-state index contributed by atoms with van der Waals surface area (Å²) in [6, 6.07) is 4.27. The van der Waals surface area contributed by atoms with Gasteiger partial charge in [-0.1, -0.05) is 0 Å². The zero-order valence-corrected chi connectivity index (χ0v) is 11.1. The van der Waals surface area contributed by atoms with Gasteiger partial charge in [-0.05, 0) is 33.0 Å². The molecule has 1 aromatic heterocycles. The average Bonchev–Trinajstić information content (AvgIpc) is 2.65. The van der Waals surface area contributed by atoms with E-state index in [0.717, 1.165) is 6.54 Å². The van der Waals surface area contributed by atoms with E-state index in [1.165, 1.54) is 9.75 Å². The summed E-state index contributed by atoms with van der Waals surface area (Å²) in [5, 5.41) is 3.14. The Kier molecular flexibility index (Phi) is 6.64. The van der Waals surface area contributed by atoms with Crippen LogP contribution in [0.2, 0.25) is 0 Å². The first kappa shape index (κ1) is 13.6. The van der Waals surface area contributed by atoms with Crippen molar-refractivity contribution in [2.24, 2.45) is 0 Å². The Morgan fingerprint density at radius 1 is 1.25 bits per heavy atom. The average molecular weight is 243 g/mol. The molecule has 0 aliphatic heterocycles. The zero-order chi connectivity index (χ0) is 11.8. The van der Waals surface area contributed by atoms with E-state index in [2.05, 4.69) is 17.4 Å². The van der Waals surface area contributed by atoms with E-state index in [9.17, 15) is 0 Å². The van der Waals surface area contributed by atoms with Gasteiger partial charge in [0, 0.05) is 16.3 Å². The smallest absolute Gasteiger partial charge is 0.0810 e. The molecule has 0 aliphatic carbocycles. The third-order valence-corrected chi connectivity index (χ3v) is 3.05. The second kappa shape index (κ2) is 7.79. The fourth-order valence-electron chi connectivity index (χ4n) is 1.28. The molecule has 0 spiro atoms. The fraction of sp³-hybridized carbons (Fsp3) is 0.667. The highest BCUT2D eigenvalue weighted by Gasteiger charge is 1.99. The molecule has 1 rings (SSSR count). The van der Waals surface area contributed by atoms with Crippen LogP contribution in [-0.2, 0) is 22.6 Å². The van der Waals surface area contributed by atoms with Crippen LogP contribution in [0.5, 0.6) is 0 Å². The lowest BCUT2D eigenvalue weighted by atomic mass is 10.4. The summed E-state index contributed by atoms with van der Waals surface area (Å²) in [5.74, 6) is 0. The van der Waals surface area contributed by atoms with Crippen LogP contribution in [0.1, 0.15) is 23.6 Å². The predicted molar refractivity (Wildman–Crippen MR) is 67.8 cm³/mol. The van der Waals surface area contributed by atoms with Crippen molar-refractivity contribution in [1.82, 2.24) is 5.32 Å². The van der Waals surface area contributed by atoms with Crippen molar-refractivity contribution in [1.29, 1.82) is 0 Å². The van der Waals surface area contributed by atoms with Crippen molar-refractivity contribution in [3.63, 3.8) is 0 Å². The van der Waals surface area contributed by atoms with Gasteiger partial charge in [0.25, 0.3) is 0 Å². The van der Waals surface area contributed by atoms with Gasteiger partial charge in [-0.25, -0.2) is 0 Å². The Hall–Kier alpha value is -0.420. The Labute approximate surface area is 102 Å². The number of rotatable bonds is 8. The third-order valence-electron chi connectivity index (χ3n) is 1.99. The fourth-order valence-corrected chi connectivity index (χ4v) is 2.25. The SMILES string of the molecule is CNCc1ccc(COCCOC(C)C)s1. The van der Waals surface area contributed by atoms with Crippen molar-refractivity contribution < 1.29 is 9.47 Å². The Morgan fingerprint density at radius 2 is 2.00 bits per heavy atom. The topological polar surface area (TPSA) is 30.5 Å². The van der Waals surface area contributed by atoms with E-state index < -0.39 is 0 Å². The molecule has 0 amide bonds. The molecule has 0 unspecified atom stereocenters. The summed E-state index contributed by atoms with van der Waals surface area (Å²) in [6.07, 6.45) is 0.285. The second-order valence-corrected chi connectivity index (χ2v) is 5.12. The van der Waals surface area contributed by atoms with Gasteiger partial charge in [0.1, 0.15) is 0 Å². The maximum Gasteiger partial charge on any atom is 0.0810 e. The molecule has 0 atom stereocenters. The first-order valence-electron chi connectivity index (χ1n) is 5.64. The summed E-state index contributed by atoms with van der Waals surface area (Å²) < 4.78 is 10.9. The van der Waals surface area contributed by atoms with Crippen molar-refractivity contribution in [3.8, 4) is 0 Å². The number of ether oxygens (including phenoxy) is 2. The maximum absolute atomic E-state index is 5.53. The lowest BCUT2D eigenvalue weighted by Crippen LogP contribution is -2.09. The first-order valence-corrected chi connectivity index (χ1v) is 6.45. The molecule has 0 aromatic carbocycles. The molecule has 1 aromatic rings. The number of hydrogen-bond donors (Lipinski definition) is 1. The Morgan fingerprint density at radius 3 is 2.69 bits per heavy atom. The maximum atomic E-state index is 5.53. The van der Waals surface area contributed by atoms with Crippen molar-refractivity contribution in [2.75, 3.05) is 20.3 Å². The van der Waals surface area contributed by atoms with E-state index >= 15 is 0 Å². The van der Waals surface area contributed by atoms with Crippen LogP contribution in [-0.4, -0.2) is 26.4 Å². The highest BCUT2D eigenvalue weighted by molar-refractivity contribution is 7.11. The normalized spacial score (nSPS) is 11.2. The predicted octanol–water partition coefficient (Wildman–Crippen LogP) is 2.41. The molecule has 92 valence electrons. The number of thiophene rings is 1. The van der Waals surface area contributed by atoms with Gasteiger partial charge < -0.3 is 14.8 Å². The van der Waals surface area contributed by atoms with E-state index in [1.54, 1.807) is 11.3 Å². The van der Waals surface area contributed by atoms with E-state index in [4.69, 9.17) is 9.47 Å². The molecule has 4 heteroatoms. The van der Waals surface area contributed by atoms with Crippen molar-refractivity contribution in [3.05, 3.63) is 21.9 Å². The van der Waals surface area contributed by atoms with E-state index in [-0.39, 0.29) is 6.10 Å². The zero-order valence-electron chi connectivity index (χ0n) is 10.3. The number of nitrogens with one attached hydrogen (secondary N) is 1. The van der Waals surface area contributed by atoms with Gasteiger partial charge in [-0.15, -0.1) is 11.3 Å². The molecular weight excluding hydrogens is 222 g/mol. The van der Waals surface area contributed by atoms with Crippen LogP contribution in [0.25, 0.3) is 0 Å². The molecule has 0 aliphatic rings. The van der Waals surface area contributed by atoms with E-state index in [1.807, 2.05) is 20.9 Å². The Bertz CT molecular complexity index is 286.